The molecule has 146 valence electrons. The second-order valence-corrected chi connectivity index (χ2v) is 7.94. The topological polar surface area (TPSA) is 62.6 Å². The van der Waals surface area contributed by atoms with Gasteiger partial charge in [0.15, 0.2) is 0 Å². The van der Waals surface area contributed by atoms with Gasteiger partial charge >= 0.3 is 0 Å². The van der Waals surface area contributed by atoms with Crippen LogP contribution < -0.4 is 10.5 Å². The van der Waals surface area contributed by atoms with Gasteiger partial charge < -0.3 is 14.4 Å². The summed E-state index contributed by atoms with van der Waals surface area (Å²) in [6.45, 7) is 6.61. The number of piperazine rings is 1. The Kier molecular flexibility index (Phi) is 4.57. The van der Waals surface area contributed by atoms with E-state index in [1.807, 2.05) is 32.0 Å². The second-order valence-electron chi connectivity index (χ2n) is 7.94. The number of aromatic nitrogens is 1. The van der Waals surface area contributed by atoms with Crippen LogP contribution in [0.1, 0.15) is 45.9 Å². The molecule has 28 heavy (non-hydrogen) atoms. The Hall–Kier alpha value is -2.89. The molecule has 0 bridgehead atoms. The van der Waals surface area contributed by atoms with E-state index in [4.69, 9.17) is 0 Å². The van der Waals surface area contributed by atoms with Gasteiger partial charge in [-0.1, -0.05) is 6.07 Å². The van der Waals surface area contributed by atoms with Crippen LogP contribution in [0, 0.1) is 20.8 Å². The molecule has 1 saturated carbocycles. The van der Waals surface area contributed by atoms with E-state index in [9.17, 15) is 14.4 Å². The van der Waals surface area contributed by atoms with Gasteiger partial charge in [-0.15, -0.1) is 0 Å². The SMILES string of the molecule is Cc1cc(C)cc(N2CCN(C(=O)c3c(C)ccn(C4CC4)c3=O)CC2=O)c1. The maximum atomic E-state index is 13.1. The Balaban J connectivity index is 1.56. The van der Waals surface area contributed by atoms with Crippen molar-refractivity contribution in [1.82, 2.24) is 9.47 Å². The fraction of sp³-hybridized carbons (Fsp3) is 0.409. The monoisotopic (exact) mass is 379 g/mol. The van der Waals surface area contributed by atoms with Crippen LogP contribution in [0.3, 0.4) is 0 Å². The molecular formula is C22H25N3O3. The summed E-state index contributed by atoms with van der Waals surface area (Å²) in [6.07, 6.45) is 3.72. The van der Waals surface area contributed by atoms with E-state index in [-0.39, 0.29) is 35.5 Å². The van der Waals surface area contributed by atoms with Crippen LogP contribution in [-0.4, -0.2) is 40.9 Å². The lowest BCUT2D eigenvalue weighted by molar-refractivity contribution is -0.120. The van der Waals surface area contributed by atoms with Crippen molar-refractivity contribution >= 4 is 17.5 Å². The zero-order valence-corrected chi connectivity index (χ0v) is 16.6. The predicted molar refractivity (Wildman–Crippen MR) is 108 cm³/mol. The molecule has 6 nitrogen and oxygen atoms in total. The maximum absolute atomic E-state index is 13.1. The third-order valence-corrected chi connectivity index (χ3v) is 5.51. The summed E-state index contributed by atoms with van der Waals surface area (Å²) in [5.41, 5.74) is 3.68. The van der Waals surface area contributed by atoms with Crippen molar-refractivity contribution < 1.29 is 9.59 Å². The van der Waals surface area contributed by atoms with Crippen molar-refractivity contribution in [2.45, 2.75) is 39.7 Å². The molecule has 6 heteroatoms. The first-order valence-corrected chi connectivity index (χ1v) is 9.75. The number of amides is 2. The highest BCUT2D eigenvalue weighted by Gasteiger charge is 2.32. The number of nitrogens with zero attached hydrogens (tertiary/aromatic N) is 3. The molecule has 1 aliphatic carbocycles. The molecule has 1 aromatic heterocycles. The molecule has 2 aromatic rings. The third kappa shape index (κ3) is 3.35. The standard InChI is InChI=1S/C22H25N3O3/c1-14-10-15(2)12-18(11-14)24-9-8-23(13-19(24)26)21(27)20-16(3)6-7-25(22(20)28)17-4-5-17/h6-7,10-12,17H,4-5,8-9,13H2,1-3H3. The van der Waals surface area contributed by atoms with E-state index in [0.29, 0.717) is 18.7 Å². The largest absolute Gasteiger partial charge is 0.327 e. The van der Waals surface area contributed by atoms with E-state index >= 15 is 0 Å². The van der Waals surface area contributed by atoms with Crippen molar-refractivity contribution in [3.8, 4) is 0 Å². The van der Waals surface area contributed by atoms with Crippen LogP contribution in [0.2, 0.25) is 0 Å². The van der Waals surface area contributed by atoms with Crippen molar-refractivity contribution in [2.75, 3.05) is 24.5 Å². The van der Waals surface area contributed by atoms with Crippen LogP contribution in [0.5, 0.6) is 0 Å². The number of carbonyl (C=O) groups excluding carboxylic acids is 2. The first kappa shape index (κ1) is 18.5. The number of aryl methyl sites for hydroxylation is 3. The summed E-state index contributed by atoms with van der Waals surface area (Å²) in [4.78, 5) is 41.9. The van der Waals surface area contributed by atoms with Crippen molar-refractivity contribution in [2.24, 2.45) is 0 Å². The maximum Gasteiger partial charge on any atom is 0.263 e. The zero-order valence-electron chi connectivity index (χ0n) is 16.6. The highest BCUT2D eigenvalue weighted by atomic mass is 16.2. The number of anilines is 1. The third-order valence-electron chi connectivity index (χ3n) is 5.51. The normalized spacial score (nSPS) is 17.2. The predicted octanol–water partition coefficient (Wildman–Crippen LogP) is 2.60. The molecule has 0 radical (unpaired) electrons. The minimum atomic E-state index is -0.342. The molecule has 2 amide bonds. The van der Waals surface area contributed by atoms with Gasteiger partial charge in [0.05, 0.1) is 0 Å². The van der Waals surface area contributed by atoms with Crippen LogP contribution in [0.4, 0.5) is 5.69 Å². The average molecular weight is 379 g/mol. The molecular weight excluding hydrogens is 354 g/mol. The number of hydrogen-bond donors (Lipinski definition) is 0. The van der Waals surface area contributed by atoms with Gasteiger partial charge in [-0.05, 0) is 68.5 Å². The minimum absolute atomic E-state index is 0.0109. The highest BCUT2D eigenvalue weighted by molar-refractivity contribution is 6.02. The van der Waals surface area contributed by atoms with E-state index in [1.165, 1.54) is 4.90 Å². The fourth-order valence-corrected chi connectivity index (χ4v) is 3.93. The van der Waals surface area contributed by atoms with Gasteiger partial charge in [-0.25, -0.2) is 0 Å². The van der Waals surface area contributed by atoms with E-state index in [1.54, 1.807) is 22.6 Å². The van der Waals surface area contributed by atoms with Crippen LogP contribution in [-0.2, 0) is 4.79 Å². The van der Waals surface area contributed by atoms with Gasteiger partial charge in [0.2, 0.25) is 5.91 Å². The van der Waals surface area contributed by atoms with Crippen LogP contribution in [0.15, 0.2) is 35.3 Å². The quantitative estimate of drug-likeness (QED) is 0.824. The molecule has 2 aliphatic rings. The molecule has 0 spiro atoms. The van der Waals surface area contributed by atoms with Crippen molar-refractivity contribution in [3.05, 3.63) is 63.1 Å². The first-order chi connectivity index (χ1) is 13.3. The smallest absolute Gasteiger partial charge is 0.263 e. The van der Waals surface area contributed by atoms with E-state index in [2.05, 4.69) is 6.07 Å². The molecule has 0 N–H and O–H groups in total. The van der Waals surface area contributed by atoms with Crippen molar-refractivity contribution in [3.63, 3.8) is 0 Å². The summed E-state index contributed by atoms with van der Waals surface area (Å²) in [7, 11) is 0. The van der Waals surface area contributed by atoms with Crippen LogP contribution >= 0.6 is 0 Å². The lowest BCUT2D eigenvalue weighted by atomic mass is 10.1. The number of rotatable bonds is 3. The van der Waals surface area contributed by atoms with Gasteiger partial charge in [0, 0.05) is 31.0 Å². The Morgan fingerprint density at radius 2 is 1.68 bits per heavy atom. The van der Waals surface area contributed by atoms with Crippen LogP contribution in [0.25, 0.3) is 0 Å². The van der Waals surface area contributed by atoms with Gasteiger partial charge in [0.1, 0.15) is 12.1 Å². The summed E-state index contributed by atoms with van der Waals surface area (Å²) < 4.78 is 1.66. The first-order valence-electron chi connectivity index (χ1n) is 9.75. The molecule has 2 fully saturated rings. The summed E-state index contributed by atoms with van der Waals surface area (Å²) in [5.74, 6) is -0.466. The fourth-order valence-electron chi connectivity index (χ4n) is 3.93. The Morgan fingerprint density at radius 1 is 1.00 bits per heavy atom. The lowest BCUT2D eigenvalue weighted by Gasteiger charge is -2.34. The number of pyridine rings is 1. The molecule has 1 saturated heterocycles. The zero-order chi connectivity index (χ0) is 20.0. The molecule has 4 rings (SSSR count). The molecule has 1 aliphatic heterocycles. The molecule has 1 aromatic carbocycles. The summed E-state index contributed by atoms with van der Waals surface area (Å²) >= 11 is 0. The lowest BCUT2D eigenvalue weighted by Crippen LogP contribution is -2.53. The van der Waals surface area contributed by atoms with Gasteiger partial charge in [0.25, 0.3) is 11.5 Å². The average Bonchev–Trinajstić information content (AvgIpc) is 3.45. The summed E-state index contributed by atoms with van der Waals surface area (Å²) in [6, 6.07) is 8.07. The highest BCUT2D eigenvalue weighted by Crippen LogP contribution is 2.33. The van der Waals surface area contributed by atoms with E-state index in [0.717, 1.165) is 29.7 Å². The molecule has 0 atom stereocenters. The second kappa shape index (κ2) is 6.93. The molecule has 2 heterocycles. The molecule has 0 unspecified atom stereocenters. The number of carbonyl (C=O) groups is 2. The summed E-state index contributed by atoms with van der Waals surface area (Å²) in [5, 5.41) is 0. The number of hydrogen-bond acceptors (Lipinski definition) is 3. The van der Waals surface area contributed by atoms with E-state index < -0.39 is 0 Å². The van der Waals surface area contributed by atoms with Gasteiger partial charge in [-0.2, -0.15) is 0 Å². The minimum Gasteiger partial charge on any atom is -0.327 e. The van der Waals surface area contributed by atoms with Gasteiger partial charge in [-0.3, -0.25) is 14.4 Å². The Bertz CT molecular complexity index is 1000. The number of benzene rings is 1. The Labute approximate surface area is 164 Å². The Morgan fingerprint density at radius 3 is 2.29 bits per heavy atom. The van der Waals surface area contributed by atoms with Crippen molar-refractivity contribution in [1.29, 1.82) is 0 Å².